The van der Waals surface area contributed by atoms with Gasteiger partial charge in [0.25, 0.3) is 0 Å². The van der Waals surface area contributed by atoms with E-state index in [-0.39, 0.29) is 0 Å². The van der Waals surface area contributed by atoms with E-state index < -0.39 is 0 Å². The van der Waals surface area contributed by atoms with Crippen LogP contribution >= 0.6 is 0 Å². The zero-order valence-electron chi connectivity index (χ0n) is 3.15. The standard InChI is InChI=1S/C4H8N/c5-4-2-1-3-4/h2,4H,1,3,5H2/t4-/m0/s1. The van der Waals surface area contributed by atoms with Crippen LogP contribution in [0.2, 0.25) is 0 Å². The summed E-state index contributed by atoms with van der Waals surface area (Å²) in [5.41, 5.74) is 5.32. The number of hydrogen-bond acceptors (Lipinski definition) is 1. The van der Waals surface area contributed by atoms with Crippen molar-refractivity contribution in [3.8, 4) is 0 Å². The Hall–Kier alpha value is -0.0400. The van der Waals surface area contributed by atoms with Crippen LogP contribution in [0.3, 0.4) is 0 Å². The highest BCUT2D eigenvalue weighted by Gasteiger charge is 2.10. The molecule has 0 heterocycles. The number of nitrogens with two attached hydrogens (primary N) is 1. The Balaban J connectivity index is 2.08. The average Bonchev–Trinajstić information content (AvgIpc) is 1.30. The molecule has 5 heavy (non-hydrogen) atoms. The molecule has 1 nitrogen and oxygen atoms in total. The Bertz CT molecular complexity index is 30.6. The minimum atomic E-state index is 0.440. The van der Waals surface area contributed by atoms with Crippen molar-refractivity contribution in [1.29, 1.82) is 0 Å². The molecule has 1 atom stereocenters. The van der Waals surface area contributed by atoms with Crippen LogP contribution in [0.4, 0.5) is 0 Å². The number of rotatable bonds is 0. The summed E-state index contributed by atoms with van der Waals surface area (Å²) >= 11 is 0. The molecule has 0 spiro atoms. The maximum Gasteiger partial charge on any atom is 0.00705 e. The Morgan fingerprint density at radius 1 is 1.80 bits per heavy atom. The van der Waals surface area contributed by atoms with Gasteiger partial charge in [-0.15, -0.1) is 0 Å². The van der Waals surface area contributed by atoms with Crippen molar-refractivity contribution in [2.45, 2.75) is 18.9 Å². The SMILES string of the molecule is N[C@H]1[CH]CC1. The maximum atomic E-state index is 5.32. The van der Waals surface area contributed by atoms with Crippen molar-refractivity contribution in [2.24, 2.45) is 5.73 Å². The van der Waals surface area contributed by atoms with Gasteiger partial charge < -0.3 is 5.73 Å². The third-order valence-corrected chi connectivity index (χ3v) is 0.969. The van der Waals surface area contributed by atoms with Gasteiger partial charge >= 0.3 is 0 Å². The molecule has 2 N–H and O–H groups in total. The van der Waals surface area contributed by atoms with Gasteiger partial charge in [-0.25, -0.2) is 0 Å². The topological polar surface area (TPSA) is 26.0 Å². The Kier molecular flexibility index (Phi) is 0.618. The molecule has 0 aromatic rings. The van der Waals surface area contributed by atoms with Gasteiger partial charge in [0, 0.05) is 6.04 Å². The molecule has 1 heteroatoms. The molecule has 1 rings (SSSR count). The predicted molar refractivity (Wildman–Crippen MR) is 21.5 cm³/mol. The summed E-state index contributed by atoms with van der Waals surface area (Å²) < 4.78 is 0. The molecule has 0 saturated heterocycles. The van der Waals surface area contributed by atoms with Gasteiger partial charge in [-0.2, -0.15) is 0 Å². The van der Waals surface area contributed by atoms with E-state index in [1.807, 2.05) is 0 Å². The van der Waals surface area contributed by atoms with Gasteiger partial charge in [0.15, 0.2) is 0 Å². The highest BCUT2D eigenvalue weighted by Crippen LogP contribution is 2.12. The first-order chi connectivity index (χ1) is 2.39. The van der Waals surface area contributed by atoms with Crippen LogP contribution in [-0.2, 0) is 0 Å². The van der Waals surface area contributed by atoms with Crippen molar-refractivity contribution >= 4 is 0 Å². The maximum absolute atomic E-state index is 5.32. The van der Waals surface area contributed by atoms with Crippen molar-refractivity contribution in [2.75, 3.05) is 0 Å². The Morgan fingerprint density at radius 3 is 2.20 bits per heavy atom. The molecule has 1 radical (unpaired) electrons. The van der Waals surface area contributed by atoms with E-state index in [4.69, 9.17) is 5.73 Å². The second-order valence-electron chi connectivity index (χ2n) is 1.48. The second kappa shape index (κ2) is 0.977. The number of hydrogen-bond donors (Lipinski definition) is 1. The van der Waals surface area contributed by atoms with Crippen molar-refractivity contribution in [3.05, 3.63) is 6.42 Å². The summed E-state index contributed by atoms with van der Waals surface area (Å²) in [4.78, 5) is 0. The highest BCUT2D eigenvalue weighted by molar-refractivity contribution is 4.90. The van der Waals surface area contributed by atoms with Crippen LogP contribution in [-0.4, -0.2) is 6.04 Å². The Labute approximate surface area is 32.2 Å². The van der Waals surface area contributed by atoms with E-state index in [9.17, 15) is 0 Å². The first-order valence-corrected chi connectivity index (χ1v) is 1.98. The molecule has 1 fully saturated rings. The Morgan fingerprint density at radius 2 is 2.20 bits per heavy atom. The van der Waals surface area contributed by atoms with Gasteiger partial charge in [0.05, 0.1) is 0 Å². The molecule has 1 aliphatic rings. The summed E-state index contributed by atoms with van der Waals surface area (Å²) in [6.45, 7) is 0. The molecule has 0 aromatic heterocycles. The van der Waals surface area contributed by atoms with Gasteiger partial charge in [-0.3, -0.25) is 0 Å². The lowest BCUT2D eigenvalue weighted by Crippen LogP contribution is -2.28. The van der Waals surface area contributed by atoms with Crippen LogP contribution in [0.25, 0.3) is 0 Å². The van der Waals surface area contributed by atoms with Crippen LogP contribution in [0, 0.1) is 6.42 Å². The third kappa shape index (κ3) is 0.428. The molecule has 1 saturated carbocycles. The summed E-state index contributed by atoms with van der Waals surface area (Å²) in [5.74, 6) is 0. The van der Waals surface area contributed by atoms with E-state index in [2.05, 4.69) is 6.42 Å². The fraction of sp³-hybridized carbons (Fsp3) is 0.750. The molecule has 0 aromatic carbocycles. The fourth-order valence-corrected chi connectivity index (χ4v) is 0.359. The van der Waals surface area contributed by atoms with Crippen LogP contribution in [0.1, 0.15) is 12.8 Å². The largest absolute Gasteiger partial charge is 0.327 e. The zero-order valence-corrected chi connectivity index (χ0v) is 3.15. The fourth-order valence-electron chi connectivity index (χ4n) is 0.359. The normalized spacial score (nSPS) is 25.8. The average molecular weight is 70.1 g/mol. The summed E-state index contributed by atoms with van der Waals surface area (Å²) in [6.07, 6.45) is 4.57. The quantitative estimate of drug-likeness (QED) is 0.436. The lowest BCUT2D eigenvalue weighted by Gasteiger charge is -2.18. The predicted octanol–water partition coefficient (Wildman–Crippen LogP) is 0.312. The van der Waals surface area contributed by atoms with Crippen molar-refractivity contribution < 1.29 is 0 Å². The molecule has 0 aliphatic heterocycles. The summed E-state index contributed by atoms with van der Waals surface area (Å²) in [7, 11) is 0. The summed E-state index contributed by atoms with van der Waals surface area (Å²) in [6, 6.07) is 0.440. The molecule has 1 aliphatic carbocycles. The molecule has 0 amide bonds. The highest BCUT2D eigenvalue weighted by atomic mass is 14.6. The van der Waals surface area contributed by atoms with Crippen LogP contribution in [0.15, 0.2) is 0 Å². The molecule has 0 bridgehead atoms. The van der Waals surface area contributed by atoms with Crippen molar-refractivity contribution in [1.82, 2.24) is 0 Å². The lowest BCUT2D eigenvalue weighted by molar-refractivity contribution is 0.546. The van der Waals surface area contributed by atoms with Gasteiger partial charge in [-0.1, -0.05) is 0 Å². The third-order valence-electron chi connectivity index (χ3n) is 0.969. The molecule has 0 unspecified atom stereocenters. The molecular weight excluding hydrogens is 62.1 g/mol. The van der Waals surface area contributed by atoms with E-state index >= 15 is 0 Å². The van der Waals surface area contributed by atoms with E-state index in [0.29, 0.717) is 6.04 Å². The first kappa shape index (κ1) is 3.16. The zero-order chi connectivity index (χ0) is 3.70. The van der Waals surface area contributed by atoms with E-state index in [0.717, 1.165) is 0 Å². The van der Waals surface area contributed by atoms with E-state index in [1.165, 1.54) is 12.8 Å². The van der Waals surface area contributed by atoms with Crippen LogP contribution < -0.4 is 5.73 Å². The molecular formula is C4H8N. The van der Waals surface area contributed by atoms with Gasteiger partial charge in [0.2, 0.25) is 0 Å². The minimum absolute atomic E-state index is 0.440. The van der Waals surface area contributed by atoms with Crippen molar-refractivity contribution in [3.63, 3.8) is 0 Å². The van der Waals surface area contributed by atoms with E-state index in [1.54, 1.807) is 0 Å². The lowest BCUT2D eigenvalue weighted by atomic mass is 9.95. The van der Waals surface area contributed by atoms with Gasteiger partial charge in [-0.05, 0) is 19.3 Å². The second-order valence-corrected chi connectivity index (χ2v) is 1.48. The smallest absolute Gasteiger partial charge is 0.00705 e. The van der Waals surface area contributed by atoms with Gasteiger partial charge in [0.1, 0.15) is 0 Å². The molecule has 29 valence electrons. The minimum Gasteiger partial charge on any atom is -0.327 e. The monoisotopic (exact) mass is 70.1 g/mol. The summed E-state index contributed by atoms with van der Waals surface area (Å²) in [5, 5.41) is 0. The van der Waals surface area contributed by atoms with Crippen LogP contribution in [0.5, 0.6) is 0 Å². The first-order valence-electron chi connectivity index (χ1n) is 1.98.